The zero-order chi connectivity index (χ0) is 24.6. The molecule has 0 atom stereocenters. The molecule has 35 heavy (non-hydrogen) atoms. The molecule has 9 heteroatoms. The van der Waals surface area contributed by atoms with Crippen LogP contribution in [0.15, 0.2) is 71.7 Å². The molecule has 1 aliphatic rings. The van der Waals surface area contributed by atoms with Gasteiger partial charge in [-0.05, 0) is 35.9 Å². The van der Waals surface area contributed by atoms with Crippen molar-refractivity contribution in [1.29, 1.82) is 0 Å². The molecule has 3 heterocycles. The summed E-state index contributed by atoms with van der Waals surface area (Å²) in [7, 11) is 0. The number of halogens is 4. The predicted molar refractivity (Wildman–Crippen MR) is 123 cm³/mol. The molecular weight excluding hydrogens is 460 g/mol. The summed E-state index contributed by atoms with van der Waals surface area (Å²) in [5.74, 6) is -0.0772. The molecule has 2 aromatic carbocycles. The van der Waals surface area contributed by atoms with Crippen LogP contribution in [-0.4, -0.2) is 26.4 Å². The minimum Gasteiger partial charge on any atom is -0.306 e. The lowest BCUT2D eigenvalue weighted by Gasteiger charge is -2.27. The lowest BCUT2D eigenvalue weighted by Crippen LogP contribution is -2.35. The Balaban J connectivity index is 1.31. The Morgan fingerprint density at radius 2 is 1.77 bits per heavy atom. The molecule has 0 fully saturated rings. The molecule has 4 aromatic rings. The Morgan fingerprint density at radius 3 is 2.46 bits per heavy atom. The zero-order valence-electron chi connectivity index (χ0n) is 18.4. The van der Waals surface area contributed by atoms with Crippen molar-refractivity contribution >= 4 is 0 Å². The summed E-state index contributed by atoms with van der Waals surface area (Å²) >= 11 is 0. The van der Waals surface area contributed by atoms with E-state index in [9.17, 15) is 22.4 Å². The largest absolute Gasteiger partial charge is 0.416 e. The molecular formula is C26H20F4N4O. The van der Waals surface area contributed by atoms with Crippen LogP contribution < -0.4 is 5.56 Å². The average Bonchev–Trinajstić information content (AvgIpc) is 2.85. The second kappa shape index (κ2) is 9.07. The molecule has 1 N–H and O–H groups in total. The van der Waals surface area contributed by atoms with E-state index < -0.39 is 11.7 Å². The second-order valence-electron chi connectivity index (χ2n) is 8.41. The van der Waals surface area contributed by atoms with Gasteiger partial charge in [0.1, 0.15) is 11.6 Å². The number of H-pyrrole nitrogens is 1. The number of hydrogen-bond acceptors (Lipinski definition) is 4. The highest BCUT2D eigenvalue weighted by atomic mass is 19.4. The highest BCUT2D eigenvalue weighted by molar-refractivity contribution is 5.59. The van der Waals surface area contributed by atoms with Gasteiger partial charge in [0, 0.05) is 43.4 Å². The van der Waals surface area contributed by atoms with E-state index in [0.29, 0.717) is 54.1 Å². The van der Waals surface area contributed by atoms with Crippen molar-refractivity contribution in [1.82, 2.24) is 19.9 Å². The molecule has 178 valence electrons. The first-order chi connectivity index (χ1) is 16.8. The number of benzene rings is 2. The minimum absolute atomic E-state index is 0.254. The monoisotopic (exact) mass is 480 g/mol. The second-order valence-corrected chi connectivity index (χ2v) is 8.41. The van der Waals surface area contributed by atoms with Gasteiger partial charge < -0.3 is 4.98 Å². The Labute approximate surface area is 198 Å². The first kappa shape index (κ1) is 22.9. The van der Waals surface area contributed by atoms with Crippen LogP contribution >= 0.6 is 0 Å². The highest BCUT2D eigenvalue weighted by Crippen LogP contribution is 2.30. The molecule has 1 aliphatic heterocycles. The van der Waals surface area contributed by atoms with Crippen molar-refractivity contribution in [3.05, 3.63) is 105 Å². The van der Waals surface area contributed by atoms with Gasteiger partial charge in [-0.1, -0.05) is 30.3 Å². The SMILES string of the molecule is O=c1[nH]c(-c2ccc(C(F)(F)F)cc2)nc2c1CN(Cc1ccc(-c3ccccc3F)nc1)CC2. The molecule has 0 radical (unpaired) electrons. The minimum atomic E-state index is -4.42. The molecule has 0 amide bonds. The quantitative estimate of drug-likeness (QED) is 0.407. The fraction of sp³-hybridized carbons (Fsp3) is 0.192. The molecule has 2 aromatic heterocycles. The fourth-order valence-electron chi connectivity index (χ4n) is 4.17. The number of rotatable bonds is 4. The van der Waals surface area contributed by atoms with Crippen LogP contribution in [0.25, 0.3) is 22.6 Å². The number of nitrogens with zero attached hydrogens (tertiary/aromatic N) is 3. The van der Waals surface area contributed by atoms with Crippen LogP contribution in [0, 0.1) is 5.82 Å². The van der Waals surface area contributed by atoms with Crippen molar-refractivity contribution in [2.75, 3.05) is 6.54 Å². The van der Waals surface area contributed by atoms with Crippen LogP contribution in [-0.2, 0) is 25.7 Å². The molecule has 5 nitrogen and oxygen atoms in total. The maximum Gasteiger partial charge on any atom is 0.416 e. The fourth-order valence-corrected chi connectivity index (χ4v) is 4.17. The van der Waals surface area contributed by atoms with Gasteiger partial charge in [-0.25, -0.2) is 9.37 Å². The number of nitrogens with one attached hydrogen (secondary N) is 1. The van der Waals surface area contributed by atoms with Gasteiger partial charge in [-0.15, -0.1) is 0 Å². The maximum absolute atomic E-state index is 14.0. The van der Waals surface area contributed by atoms with E-state index in [2.05, 4.69) is 19.9 Å². The summed E-state index contributed by atoms with van der Waals surface area (Å²) in [5.41, 5.74) is 2.47. The van der Waals surface area contributed by atoms with Crippen LogP contribution in [0.5, 0.6) is 0 Å². The Bertz CT molecular complexity index is 1410. The average molecular weight is 480 g/mol. The first-order valence-electron chi connectivity index (χ1n) is 11.0. The van der Waals surface area contributed by atoms with Gasteiger partial charge in [-0.2, -0.15) is 13.2 Å². The van der Waals surface area contributed by atoms with Gasteiger partial charge >= 0.3 is 6.18 Å². The molecule has 0 spiro atoms. The van der Waals surface area contributed by atoms with E-state index in [4.69, 9.17) is 0 Å². The van der Waals surface area contributed by atoms with Crippen molar-refractivity contribution in [2.45, 2.75) is 25.7 Å². The molecule has 0 saturated heterocycles. The zero-order valence-corrected chi connectivity index (χ0v) is 18.4. The topological polar surface area (TPSA) is 61.9 Å². The standard InChI is InChI=1S/C26H20F4N4O/c27-21-4-2-1-3-19(21)22-10-5-16(13-31-22)14-34-12-11-23-20(15-34)25(35)33-24(32-23)17-6-8-18(9-7-17)26(28,29)30/h1-10,13H,11-12,14-15H2,(H,32,33,35). The molecule has 0 bridgehead atoms. The third-order valence-electron chi connectivity index (χ3n) is 6.01. The Kier molecular flexibility index (Phi) is 5.94. The van der Waals surface area contributed by atoms with Crippen LogP contribution in [0.1, 0.15) is 22.4 Å². The van der Waals surface area contributed by atoms with Gasteiger partial charge in [0.05, 0.1) is 22.5 Å². The van der Waals surface area contributed by atoms with Crippen molar-refractivity contribution in [3.63, 3.8) is 0 Å². The van der Waals surface area contributed by atoms with Crippen LogP contribution in [0.2, 0.25) is 0 Å². The van der Waals surface area contributed by atoms with E-state index >= 15 is 0 Å². The summed E-state index contributed by atoms with van der Waals surface area (Å²) < 4.78 is 52.5. The number of aromatic amines is 1. The summed E-state index contributed by atoms with van der Waals surface area (Å²) in [4.78, 5) is 26.5. The van der Waals surface area contributed by atoms with Crippen molar-refractivity contribution in [2.24, 2.45) is 0 Å². The highest BCUT2D eigenvalue weighted by Gasteiger charge is 2.30. The molecule has 0 aliphatic carbocycles. The number of alkyl halides is 3. The van der Waals surface area contributed by atoms with Crippen LogP contribution in [0.4, 0.5) is 17.6 Å². The van der Waals surface area contributed by atoms with E-state index in [1.165, 1.54) is 18.2 Å². The third kappa shape index (κ3) is 4.85. The number of fused-ring (bicyclic) bond motifs is 1. The first-order valence-corrected chi connectivity index (χ1v) is 11.0. The third-order valence-corrected chi connectivity index (χ3v) is 6.01. The molecule has 5 rings (SSSR count). The molecule has 0 saturated carbocycles. The van der Waals surface area contributed by atoms with Gasteiger partial charge in [-0.3, -0.25) is 14.7 Å². The normalized spacial score (nSPS) is 14.1. The smallest absolute Gasteiger partial charge is 0.306 e. The number of pyridine rings is 1. The summed E-state index contributed by atoms with van der Waals surface area (Å²) in [5, 5.41) is 0. The van der Waals surface area contributed by atoms with Crippen molar-refractivity contribution < 1.29 is 17.6 Å². The maximum atomic E-state index is 14.0. The molecule has 0 unspecified atom stereocenters. The summed E-state index contributed by atoms with van der Waals surface area (Å²) in [6, 6.07) is 14.7. The van der Waals surface area contributed by atoms with Gasteiger partial charge in [0.25, 0.3) is 5.56 Å². The lowest BCUT2D eigenvalue weighted by atomic mass is 10.0. The Morgan fingerprint density at radius 1 is 1.00 bits per heavy atom. The van der Waals surface area contributed by atoms with E-state index in [0.717, 1.165) is 17.7 Å². The number of hydrogen-bond donors (Lipinski definition) is 1. The van der Waals surface area contributed by atoms with Crippen LogP contribution in [0.3, 0.4) is 0 Å². The lowest BCUT2D eigenvalue weighted by molar-refractivity contribution is -0.137. The van der Waals surface area contributed by atoms with Gasteiger partial charge in [0.2, 0.25) is 0 Å². The van der Waals surface area contributed by atoms with Gasteiger partial charge in [0.15, 0.2) is 0 Å². The summed E-state index contributed by atoms with van der Waals surface area (Å²) in [6.07, 6.45) is -2.19. The van der Waals surface area contributed by atoms with E-state index in [1.807, 2.05) is 6.07 Å². The predicted octanol–water partition coefficient (Wildman–Crippen LogP) is 5.22. The van der Waals surface area contributed by atoms with E-state index in [1.54, 1.807) is 30.5 Å². The van der Waals surface area contributed by atoms with Crippen molar-refractivity contribution in [3.8, 4) is 22.6 Å². The van der Waals surface area contributed by atoms with E-state index in [-0.39, 0.29) is 17.2 Å². The Hall–Kier alpha value is -3.85. The number of aromatic nitrogens is 3. The summed E-state index contributed by atoms with van der Waals surface area (Å²) in [6.45, 7) is 1.61.